The second-order valence-electron chi connectivity index (χ2n) is 5.54. The normalized spacial score (nSPS) is 15.9. The van der Waals surface area contributed by atoms with Crippen LogP contribution in [0.1, 0.15) is 45.1 Å². The summed E-state index contributed by atoms with van der Waals surface area (Å²) < 4.78 is 5.95. The van der Waals surface area contributed by atoms with Crippen molar-refractivity contribution in [3.05, 3.63) is 11.9 Å². The molecule has 1 saturated heterocycles. The average molecular weight is 292 g/mol. The quantitative estimate of drug-likeness (QED) is 0.798. The molecule has 118 valence electrons. The van der Waals surface area contributed by atoms with Gasteiger partial charge in [-0.25, -0.2) is 9.97 Å². The lowest BCUT2D eigenvalue weighted by Gasteiger charge is -2.26. The second kappa shape index (κ2) is 8.82. The van der Waals surface area contributed by atoms with Crippen LogP contribution >= 0.6 is 0 Å². The van der Waals surface area contributed by atoms with E-state index in [9.17, 15) is 0 Å². The van der Waals surface area contributed by atoms with E-state index in [2.05, 4.69) is 34.0 Å². The van der Waals surface area contributed by atoms with Gasteiger partial charge in [-0.2, -0.15) is 0 Å². The van der Waals surface area contributed by atoms with E-state index in [0.29, 0.717) is 6.61 Å². The Morgan fingerprint density at radius 3 is 2.71 bits per heavy atom. The van der Waals surface area contributed by atoms with Crippen molar-refractivity contribution < 1.29 is 4.74 Å². The van der Waals surface area contributed by atoms with Crippen LogP contribution in [0.5, 0.6) is 5.88 Å². The molecule has 0 amide bonds. The van der Waals surface area contributed by atoms with Crippen molar-refractivity contribution in [2.24, 2.45) is 0 Å². The number of nitrogens with zero attached hydrogens (tertiary/aromatic N) is 3. The summed E-state index contributed by atoms with van der Waals surface area (Å²) in [6, 6.07) is 0. The molecule has 1 aromatic rings. The largest absolute Gasteiger partial charge is 0.476 e. The van der Waals surface area contributed by atoms with Gasteiger partial charge in [0.1, 0.15) is 18.8 Å². The molecule has 1 fully saturated rings. The zero-order valence-corrected chi connectivity index (χ0v) is 13.4. The van der Waals surface area contributed by atoms with Crippen molar-refractivity contribution in [1.82, 2.24) is 14.9 Å². The Bertz CT molecular complexity index is 419. The third-order valence-electron chi connectivity index (χ3n) is 3.85. The fourth-order valence-electron chi connectivity index (χ4n) is 2.77. The maximum Gasteiger partial charge on any atom is 0.221 e. The molecular weight excluding hydrogens is 264 g/mol. The zero-order chi connectivity index (χ0) is 14.9. The summed E-state index contributed by atoms with van der Waals surface area (Å²) in [5, 5.41) is 3.30. The minimum absolute atomic E-state index is 0.708. The molecule has 0 aliphatic carbocycles. The van der Waals surface area contributed by atoms with E-state index in [-0.39, 0.29) is 0 Å². The van der Waals surface area contributed by atoms with Gasteiger partial charge in [0, 0.05) is 13.1 Å². The minimum atomic E-state index is 0.708. The number of nitrogens with one attached hydrogen (secondary N) is 1. The summed E-state index contributed by atoms with van der Waals surface area (Å²) in [6.07, 6.45) is 7.61. The Kier molecular flexibility index (Phi) is 6.73. The van der Waals surface area contributed by atoms with Gasteiger partial charge in [0.2, 0.25) is 5.88 Å². The second-order valence-corrected chi connectivity index (χ2v) is 5.54. The van der Waals surface area contributed by atoms with Crippen molar-refractivity contribution in [3.8, 4) is 5.88 Å². The Hall–Kier alpha value is -1.36. The van der Waals surface area contributed by atoms with Gasteiger partial charge >= 0.3 is 0 Å². The van der Waals surface area contributed by atoms with Crippen LogP contribution in [0.4, 0.5) is 5.82 Å². The highest BCUT2D eigenvalue weighted by Crippen LogP contribution is 2.23. The molecule has 0 aromatic carbocycles. The monoisotopic (exact) mass is 292 g/mol. The third-order valence-corrected chi connectivity index (χ3v) is 3.85. The molecule has 5 heteroatoms. The summed E-state index contributed by atoms with van der Waals surface area (Å²) >= 11 is 0. The lowest BCUT2D eigenvalue weighted by atomic mass is 10.1. The van der Waals surface area contributed by atoms with Crippen LogP contribution in [0.25, 0.3) is 0 Å². The fraction of sp³-hybridized carbons (Fsp3) is 0.750. The first kappa shape index (κ1) is 16.0. The molecule has 0 atom stereocenters. The number of likely N-dealkylation sites (tertiary alicyclic amines) is 1. The summed E-state index contributed by atoms with van der Waals surface area (Å²) in [4.78, 5) is 11.1. The highest BCUT2D eigenvalue weighted by Gasteiger charge is 2.13. The molecular formula is C16H28N4O. The van der Waals surface area contributed by atoms with Crippen LogP contribution < -0.4 is 10.1 Å². The summed E-state index contributed by atoms with van der Waals surface area (Å²) in [5.74, 6) is 1.67. The maximum atomic E-state index is 5.95. The van der Waals surface area contributed by atoms with Crippen LogP contribution in [-0.2, 0) is 6.42 Å². The van der Waals surface area contributed by atoms with E-state index in [1.807, 2.05) is 0 Å². The van der Waals surface area contributed by atoms with Crippen molar-refractivity contribution in [2.45, 2.75) is 46.0 Å². The van der Waals surface area contributed by atoms with E-state index in [4.69, 9.17) is 4.74 Å². The van der Waals surface area contributed by atoms with Crippen LogP contribution in [-0.4, -0.2) is 47.7 Å². The number of piperidine rings is 1. The highest BCUT2D eigenvalue weighted by molar-refractivity contribution is 5.48. The molecule has 2 rings (SSSR count). The van der Waals surface area contributed by atoms with Crippen LogP contribution in [0, 0.1) is 0 Å². The van der Waals surface area contributed by atoms with E-state index in [1.54, 1.807) is 6.33 Å². The first-order chi connectivity index (χ1) is 10.3. The molecule has 5 nitrogen and oxygen atoms in total. The number of ether oxygens (including phenoxy) is 1. The molecule has 1 N–H and O–H groups in total. The van der Waals surface area contributed by atoms with E-state index < -0.39 is 0 Å². The summed E-state index contributed by atoms with van der Waals surface area (Å²) in [7, 11) is 0. The predicted molar refractivity (Wildman–Crippen MR) is 86.0 cm³/mol. The maximum absolute atomic E-state index is 5.95. The van der Waals surface area contributed by atoms with E-state index >= 15 is 0 Å². The Balaban J connectivity index is 1.92. The molecule has 0 spiro atoms. The molecule has 1 aliphatic heterocycles. The van der Waals surface area contributed by atoms with Gasteiger partial charge in [-0.3, -0.25) is 4.90 Å². The van der Waals surface area contributed by atoms with Gasteiger partial charge < -0.3 is 10.1 Å². The minimum Gasteiger partial charge on any atom is -0.476 e. The van der Waals surface area contributed by atoms with Crippen molar-refractivity contribution in [1.29, 1.82) is 0 Å². The number of aromatic nitrogens is 2. The SMILES string of the molecule is CCCc1c(NCC)ncnc1OCCN1CCCCC1. The van der Waals surface area contributed by atoms with Crippen LogP contribution in [0.3, 0.4) is 0 Å². The zero-order valence-electron chi connectivity index (χ0n) is 13.4. The average Bonchev–Trinajstić information content (AvgIpc) is 2.51. The van der Waals surface area contributed by atoms with Crippen LogP contribution in [0.15, 0.2) is 6.33 Å². The Morgan fingerprint density at radius 2 is 2.00 bits per heavy atom. The summed E-state index contributed by atoms with van der Waals surface area (Å²) in [6.45, 7) is 9.22. The topological polar surface area (TPSA) is 50.3 Å². The van der Waals surface area contributed by atoms with Crippen molar-refractivity contribution >= 4 is 5.82 Å². The molecule has 1 aliphatic rings. The molecule has 2 heterocycles. The molecule has 21 heavy (non-hydrogen) atoms. The smallest absolute Gasteiger partial charge is 0.221 e. The Morgan fingerprint density at radius 1 is 1.19 bits per heavy atom. The number of hydrogen-bond donors (Lipinski definition) is 1. The standard InChI is InChI=1S/C16H28N4O/c1-3-8-14-15(17-4-2)18-13-19-16(14)21-12-11-20-9-6-5-7-10-20/h13H,3-12H2,1-2H3,(H,17,18,19). The summed E-state index contributed by atoms with van der Waals surface area (Å²) in [5.41, 5.74) is 1.11. The molecule has 0 radical (unpaired) electrons. The van der Waals surface area contributed by atoms with Gasteiger partial charge in [-0.1, -0.05) is 19.8 Å². The van der Waals surface area contributed by atoms with E-state index in [1.165, 1.54) is 32.4 Å². The molecule has 0 bridgehead atoms. The fourth-order valence-corrected chi connectivity index (χ4v) is 2.77. The molecule has 0 saturated carbocycles. The Labute approximate surface area is 128 Å². The number of rotatable bonds is 8. The van der Waals surface area contributed by atoms with Crippen LogP contribution in [0.2, 0.25) is 0 Å². The number of anilines is 1. The predicted octanol–water partition coefficient (Wildman–Crippen LogP) is 2.73. The van der Waals surface area contributed by atoms with Crippen molar-refractivity contribution in [2.75, 3.05) is 38.1 Å². The van der Waals surface area contributed by atoms with Gasteiger partial charge in [0.25, 0.3) is 0 Å². The highest BCUT2D eigenvalue weighted by atomic mass is 16.5. The van der Waals surface area contributed by atoms with Gasteiger partial charge in [0.15, 0.2) is 0 Å². The van der Waals surface area contributed by atoms with Gasteiger partial charge in [0.05, 0.1) is 5.56 Å². The number of hydrogen-bond acceptors (Lipinski definition) is 5. The van der Waals surface area contributed by atoms with E-state index in [0.717, 1.165) is 43.2 Å². The first-order valence-electron chi connectivity index (χ1n) is 8.28. The lowest BCUT2D eigenvalue weighted by Crippen LogP contribution is -2.33. The lowest BCUT2D eigenvalue weighted by molar-refractivity contribution is 0.179. The van der Waals surface area contributed by atoms with Crippen molar-refractivity contribution in [3.63, 3.8) is 0 Å². The van der Waals surface area contributed by atoms with Gasteiger partial charge in [-0.05, 0) is 39.3 Å². The molecule has 0 unspecified atom stereocenters. The molecule has 1 aromatic heterocycles. The first-order valence-corrected chi connectivity index (χ1v) is 8.28. The van der Waals surface area contributed by atoms with Gasteiger partial charge in [-0.15, -0.1) is 0 Å². The third kappa shape index (κ3) is 4.84.